The quantitative estimate of drug-likeness (QED) is 0.509. The zero-order valence-corrected chi connectivity index (χ0v) is 17.2. The second kappa shape index (κ2) is 7.55. The molecule has 0 spiro atoms. The van der Waals surface area contributed by atoms with Crippen molar-refractivity contribution in [1.82, 2.24) is 19.8 Å². The first kappa shape index (κ1) is 19.5. The molecule has 1 N–H and O–H groups in total. The molecule has 0 saturated heterocycles. The van der Waals surface area contributed by atoms with Crippen LogP contribution in [0.2, 0.25) is 5.02 Å². The van der Waals surface area contributed by atoms with Gasteiger partial charge in [-0.05, 0) is 61.9 Å². The van der Waals surface area contributed by atoms with Crippen molar-refractivity contribution in [3.05, 3.63) is 71.1 Å². The molecule has 7 nitrogen and oxygen atoms in total. The average Bonchev–Trinajstić information content (AvgIpc) is 3.19. The molecule has 2 aromatic heterocycles. The van der Waals surface area contributed by atoms with Crippen LogP contribution in [0, 0.1) is 6.92 Å². The zero-order valence-electron chi connectivity index (χ0n) is 15.6. The van der Waals surface area contributed by atoms with Gasteiger partial charge >= 0.3 is 0 Å². The average molecular weight is 429 g/mol. The van der Waals surface area contributed by atoms with Gasteiger partial charge in [-0.25, -0.2) is 13.1 Å². The number of nitrogens with zero attached hydrogens (tertiary/aromatic N) is 3. The van der Waals surface area contributed by atoms with E-state index in [0.717, 1.165) is 5.56 Å². The van der Waals surface area contributed by atoms with Crippen LogP contribution < -0.4 is 4.72 Å². The van der Waals surface area contributed by atoms with Crippen LogP contribution in [0.15, 0.2) is 64.1 Å². The molecule has 0 unspecified atom stereocenters. The zero-order chi connectivity index (χ0) is 20.6. The number of hydrogen-bond acceptors (Lipinski definition) is 6. The molecular formula is C20H17ClN4O3S. The number of rotatable bonds is 5. The van der Waals surface area contributed by atoms with Crippen LogP contribution in [0.3, 0.4) is 0 Å². The van der Waals surface area contributed by atoms with Gasteiger partial charge in [0.15, 0.2) is 5.82 Å². The lowest BCUT2D eigenvalue weighted by molar-refractivity contribution is 0.415. The van der Waals surface area contributed by atoms with Crippen LogP contribution in [0.5, 0.6) is 0 Å². The molecule has 0 amide bonds. The van der Waals surface area contributed by atoms with Crippen LogP contribution >= 0.6 is 11.6 Å². The number of benzene rings is 2. The van der Waals surface area contributed by atoms with Crippen LogP contribution in [0.4, 0.5) is 0 Å². The maximum atomic E-state index is 13.0. The summed E-state index contributed by atoms with van der Waals surface area (Å²) in [6, 6.07) is 13.0. The van der Waals surface area contributed by atoms with Gasteiger partial charge in [-0.15, -0.1) is 0 Å². The van der Waals surface area contributed by atoms with Crippen molar-refractivity contribution in [3.63, 3.8) is 0 Å². The van der Waals surface area contributed by atoms with Crippen molar-refractivity contribution in [3.8, 4) is 11.5 Å². The summed E-state index contributed by atoms with van der Waals surface area (Å²) in [5, 5.41) is 5.06. The summed E-state index contributed by atoms with van der Waals surface area (Å²) >= 11 is 5.89. The normalized spacial score (nSPS) is 12.9. The van der Waals surface area contributed by atoms with Crippen molar-refractivity contribution in [1.29, 1.82) is 0 Å². The van der Waals surface area contributed by atoms with Crippen molar-refractivity contribution in [2.24, 2.45) is 0 Å². The Bertz CT molecular complexity index is 1290. The number of fused-ring (bicyclic) bond motifs is 1. The minimum absolute atomic E-state index is 0.152. The second-order valence-corrected chi connectivity index (χ2v) is 8.71. The summed E-state index contributed by atoms with van der Waals surface area (Å²) in [5.74, 6) is 0.515. The van der Waals surface area contributed by atoms with E-state index in [1.54, 1.807) is 61.7 Å². The van der Waals surface area contributed by atoms with E-state index in [-0.39, 0.29) is 16.6 Å². The Morgan fingerprint density at radius 1 is 1.10 bits per heavy atom. The number of aromatic nitrogens is 3. The van der Waals surface area contributed by atoms with E-state index in [2.05, 4.69) is 19.8 Å². The molecule has 4 rings (SSSR count). The largest absolute Gasteiger partial charge is 0.334 e. The molecule has 0 aliphatic rings. The van der Waals surface area contributed by atoms with E-state index >= 15 is 0 Å². The van der Waals surface area contributed by atoms with E-state index in [9.17, 15) is 8.42 Å². The SMILES string of the molecule is Cc1ccc(S(=O)(=O)N[C@H](C)c2noc(-c3ccc(Cl)cc3)n2)c2cccnc12. The topological polar surface area (TPSA) is 98.0 Å². The summed E-state index contributed by atoms with van der Waals surface area (Å²) in [4.78, 5) is 8.75. The fraction of sp³-hybridized carbons (Fsp3) is 0.150. The van der Waals surface area contributed by atoms with Crippen LogP contribution in [-0.4, -0.2) is 23.5 Å². The van der Waals surface area contributed by atoms with E-state index in [0.29, 0.717) is 21.5 Å². The van der Waals surface area contributed by atoms with Crippen LogP contribution in [-0.2, 0) is 10.0 Å². The van der Waals surface area contributed by atoms with Crippen molar-refractivity contribution < 1.29 is 12.9 Å². The molecule has 0 aliphatic heterocycles. The summed E-state index contributed by atoms with van der Waals surface area (Å²) < 4.78 is 33.9. The standard InChI is InChI=1S/C20H17ClN4O3S/c1-12-5-10-17(16-4-3-11-22-18(12)16)29(26,27)25-13(2)19-23-20(28-24-19)14-6-8-15(21)9-7-14/h3-11,13,25H,1-2H3/t13-/m1/s1. The molecule has 29 heavy (non-hydrogen) atoms. The fourth-order valence-electron chi connectivity index (χ4n) is 2.99. The smallest absolute Gasteiger partial charge is 0.257 e. The molecule has 9 heteroatoms. The Hall–Kier alpha value is -2.81. The molecule has 148 valence electrons. The highest BCUT2D eigenvalue weighted by molar-refractivity contribution is 7.89. The van der Waals surface area contributed by atoms with Crippen molar-refractivity contribution >= 4 is 32.5 Å². The van der Waals surface area contributed by atoms with Gasteiger partial charge in [-0.1, -0.05) is 22.8 Å². The van der Waals surface area contributed by atoms with Crippen molar-refractivity contribution in [2.75, 3.05) is 0 Å². The van der Waals surface area contributed by atoms with Gasteiger partial charge in [-0.2, -0.15) is 4.98 Å². The minimum Gasteiger partial charge on any atom is -0.334 e. The molecule has 0 aliphatic carbocycles. The Kier molecular flexibility index (Phi) is 5.08. The molecule has 1 atom stereocenters. The van der Waals surface area contributed by atoms with E-state index in [1.807, 2.05) is 6.92 Å². The molecular weight excluding hydrogens is 412 g/mol. The fourth-order valence-corrected chi connectivity index (χ4v) is 4.52. The molecule has 0 saturated carbocycles. The monoisotopic (exact) mass is 428 g/mol. The van der Waals surface area contributed by atoms with Gasteiger partial charge < -0.3 is 4.52 Å². The third-order valence-electron chi connectivity index (χ3n) is 4.47. The molecule has 0 bridgehead atoms. The molecule has 2 aromatic carbocycles. The number of hydrogen-bond donors (Lipinski definition) is 1. The molecule has 0 radical (unpaired) electrons. The van der Waals surface area contributed by atoms with Gasteiger partial charge in [0.1, 0.15) is 0 Å². The number of pyridine rings is 1. The minimum atomic E-state index is -3.84. The van der Waals surface area contributed by atoms with Crippen LogP contribution in [0.1, 0.15) is 24.4 Å². The van der Waals surface area contributed by atoms with E-state index in [4.69, 9.17) is 16.1 Å². The summed E-state index contributed by atoms with van der Waals surface area (Å²) in [7, 11) is -3.84. The Labute approximate surface area is 172 Å². The highest BCUT2D eigenvalue weighted by Gasteiger charge is 2.24. The first-order chi connectivity index (χ1) is 13.8. The third-order valence-corrected chi connectivity index (χ3v) is 6.32. The Morgan fingerprint density at radius 2 is 1.86 bits per heavy atom. The number of nitrogens with one attached hydrogen (secondary N) is 1. The highest BCUT2D eigenvalue weighted by atomic mass is 35.5. The number of halogens is 1. The predicted octanol–water partition coefficient (Wildman–Crippen LogP) is 4.29. The lowest BCUT2D eigenvalue weighted by Gasteiger charge is -2.13. The highest BCUT2D eigenvalue weighted by Crippen LogP contribution is 2.26. The molecule has 0 fully saturated rings. The molecule has 4 aromatic rings. The van der Waals surface area contributed by atoms with Crippen LogP contribution in [0.25, 0.3) is 22.4 Å². The Morgan fingerprint density at radius 3 is 2.62 bits per heavy atom. The number of sulfonamides is 1. The first-order valence-electron chi connectivity index (χ1n) is 8.81. The lowest BCUT2D eigenvalue weighted by atomic mass is 10.1. The molecule has 2 heterocycles. The lowest BCUT2D eigenvalue weighted by Crippen LogP contribution is -2.27. The maximum absolute atomic E-state index is 13.0. The van der Waals surface area contributed by atoms with Gasteiger partial charge in [-0.3, -0.25) is 4.98 Å². The van der Waals surface area contributed by atoms with Gasteiger partial charge in [0.05, 0.1) is 16.5 Å². The second-order valence-electron chi connectivity index (χ2n) is 6.59. The predicted molar refractivity (Wildman–Crippen MR) is 110 cm³/mol. The summed E-state index contributed by atoms with van der Waals surface area (Å²) in [6.45, 7) is 3.54. The van der Waals surface area contributed by atoms with Gasteiger partial charge in [0.25, 0.3) is 5.89 Å². The van der Waals surface area contributed by atoms with E-state index in [1.165, 1.54) is 0 Å². The summed E-state index contributed by atoms with van der Waals surface area (Å²) in [6.07, 6.45) is 1.64. The van der Waals surface area contributed by atoms with Gasteiger partial charge in [0, 0.05) is 22.2 Å². The maximum Gasteiger partial charge on any atom is 0.257 e. The number of aryl methyl sites for hydroxylation is 1. The summed E-state index contributed by atoms with van der Waals surface area (Å²) in [5.41, 5.74) is 2.24. The Balaban J connectivity index is 1.62. The van der Waals surface area contributed by atoms with E-state index < -0.39 is 16.1 Å². The van der Waals surface area contributed by atoms with Gasteiger partial charge in [0.2, 0.25) is 10.0 Å². The third kappa shape index (κ3) is 3.87. The first-order valence-corrected chi connectivity index (χ1v) is 10.7. The van der Waals surface area contributed by atoms with Crippen molar-refractivity contribution in [2.45, 2.75) is 24.8 Å².